The van der Waals surface area contributed by atoms with Gasteiger partial charge >= 0.3 is 5.97 Å². The molecule has 5 nitrogen and oxygen atoms in total. The number of carboxylic acids is 1. The van der Waals surface area contributed by atoms with Crippen LogP contribution in [-0.2, 0) is 5.75 Å². The summed E-state index contributed by atoms with van der Waals surface area (Å²) in [6, 6.07) is 18.7. The predicted octanol–water partition coefficient (Wildman–Crippen LogP) is 4.62. The number of aromatic nitrogens is 3. The van der Waals surface area contributed by atoms with E-state index < -0.39 is 5.97 Å². The van der Waals surface area contributed by atoms with Crippen molar-refractivity contribution in [2.45, 2.75) is 10.8 Å². The molecule has 0 saturated heterocycles. The lowest BCUT2D eigenvalue weighted by Crippen LogP contribution is -1.96. The lowest BCUT2D eigenvalue weighted by atomic mass is 10.1. The molecule has 2 aromatic heterocycles. The number of hydrogen-bond donors (Lipinski definition) is 2. The van der Waals surface area contributed by atoms with Crippen molar-refractivity contribution >= 4 is 28.8 Å². The van der Waals surface area contributed by atoms with Crippen LogP contribution in [0.3, 0.4) is 0 Å². The number of H-pyrrole nitrogens is 1. The van der Waals surface area contributed by atoms with Gasteiger partial charge in [0.25, 0.3) is 0 Å². The molecule has 128 valence electrons. The van der Waals surface area contributed by atoms with Crippen LogP contribution in [0.15, 0.2) is 71.9 Å². The fraction of sp³-hybridized carbons (Fsp3) is 0.0500. The van der Waals surface area contributed by atoms with Crippen molar-refractivity contribution in [1.82, 2.24) is 15.0 Å². The van der Waals surface area contributed by atoms with E-state index in [9.17, 15) is 4.79 Å². The number of thioether (sulfide) groups is 1. The highest BCUT2D eigenvalue weighted by Gasteiger charge is 2.12. The maximum atomic E-state index is 11.1. The Morgan fingerprint density at radius 3 is 2.81 bits per heavy atom. The van der Waals surface area contributed by atoms with Gasteiger partial charge in [-0.05, 0) is 42.0 Å². The number of nitrogens with zero attached hydrogens (tertiary/aromatic N) is 2. The van der Waals surface area contributed by atoms with Gasteiger partial charge in [0, 0.05) is 17.5 Å². The number of nitrogens with one attached hydrogen (secondary N) is 1. The average Bonchev–Trinajstić information content (AvgIpc) is 3.11. The molecular weight excluding hydrogens is 346 g/mol. The summed E-state index contributed by atoms with van der Waals surface area (Å²) in [5.74, 6) is 0.490. The van der Waals surface area contributed by atoms with Gasteiger partial charge in [-0.2, -0.15) is 0 Å². The van der Waals surface area contributed by atoms with E-state index in [4.69, 9.17) is 5.11 Å². The highest BCUT2D eigenvalue weighted by atomic mass is 32.2. The van der Waals surface area contributed by atoms with Crippen LogP contribution in [0.25, 0.3) is 22.4 Å². The minimum absolute atomic E-state index is 0.293. The smallest absolute Gasteiger partial charge is 0.335 e. The molecule has 6 heteroatoms. The molecule has 2 aromatic carbocycles. The monoisotopic (exact) mass is 361 g/mol. The molecule has 0 saturated carbocycles. The van der Waals surface area contributed by atoms with Crippen molar-refractivity contribution in [3.05, 3.63) is 78.0 Å². The molecule has 0 fully saturated rings. The number of hydrogen-bond acceptors (Lipinski definition) is 4. The first-order valence-corrected chi connectivity index (χ1v) is 9.04. The summed E-state index contributed by atoms with van der Waals surface area (Å²) in [5.41, 5.74) is 4.06. The molecule has 0 spiro atoms. The number of fused-ring (bicyclic) bond motifs is 1. The van der Waals surface area contributed by atoms with E-state index in [1.165, 1.54) is 0 Å². The molecule has 4 rings (SSSR count). The molecule has 0 unspecified atom stereocenters. The lowest BCUT2D eigenvalue weighted by Gasteiger charge is -2.06. The number of benzene rings is 2. The Morgan fingerprint density at radius 1 is 1.08 bits per heavy atom. The topological polar surface area (TPSA) is 78.9 Å². The van der Waals surface area contributed by atoms with E-state index in [0.29, 0.717) is 11.3 Å². The number of aromatic carboxylic acids is 1. The normalized spacial score (nSPS) is 10.9. The Balaban J connectivity index is 1.62. The van der Waals surface area contributed by atoms with Crippen molar-refractivity contribution in [3.63, 3.8) is 0 Å². The third kappa shape index (κ3) is 3.32. The van der Waals surface area contributed by atoms with E-state index in [2.05, 4.69) is 15.0 Å². The van der Waals surface area contributed by atoms with Gasteiger partial charge in [-0.1, -0.05) is 24.3 Å². The van der Waals surface area contributed by atoms with Gasteiger partial charge in [-0.3, -0.25) is 0 Å². The van der Waals surface area contributed by atoms with E-state index in [1.807, 2.05) is 42.5 Å². The molecule has 26 heavy (non-hydrogen) atoms. The van der Waals surface area contributed by atoms with Crippen LogP contribution in [0.1, 0.15) is 15.9 Å². The number of rotatable bonds is 5. The fourth-order valence-electron chi connectivity index (χ4n) is 2.71. The minimum Gasteiger partial charge on any atom is -0.478 e. The third-order valence-corrected chi connectivity index (χ3v) is 5.04. The van der Waals surface area contributed by atoms with Crippen molar-refractivity contribution in [2.24, 2.45) is 0 Å². The molecule has 0 aliphatic heterocycles. The zero-order chi connectivity index (χ0) is 17.9. The Morgan fingerprint density at radius 2 is 1.96 bits per heavy atom. The molecule has 2 heterocycles. The summed E-state index contributed by atoms with van der Waals surface area (Å²) in [5, 5.41) is 9.98. The van der Waals surface area contributed by atoms with Crippen LogP contribution in [0.4, 0.5) is 0 Å². The maximum absolute atomic E-state index is 11.1. The Labute approximate surface area is 154 Å². The Hall–Kier alpha value is -3.12. The molecule has 0 aliphatic carbocycles. The second kappa shape index (κ2) is 7.01. The quantitative estimate of drug-likeness (QED) is 0.507. The average molecular weight is 361 g/mol. The molecular formula is C20H15N3O2S. The summed E-state index contributed by atoms with van der Waals surface area (Å²) < 4.78 is 0. The zero-order valence-electron chi connectivity index (χ0n) is 13.7. The van der Waals surface area contributed by atoms with Gasteiger partial charge < -0.3 is 10.1 Å². The number of carbonyl (C=O) groups is 1. The molecule has 0 atom stereocenters. The van der Waals surface area contributed by atoms with Crippen LogP contribution in [0.2, 0.25) is 0 Å². The molecule has 0 radical (unpaired) electrons. The summed E-state index contributed by atoms with van der Waals surface area (Å²) in [6.45, 7) is 0. The third-order valence-electron chi connectivity index (χ3n) is 3.97. The number of pyridine rings is 1. The first-order valence-electron chi connectivity index (χ1n) is 8.06. The number of imidazole rings is 1. The van der Waals surface area contributed by atoms with Crippen LogP contribution >= 0.6 is 11.8 Å². The second-order valence-electron chi connectivity index (χ2n) is 5.75. The summed E-state index contributed by atoms with van der Waals surface area (Å²) in [6.07, 6.45) is 1.75. The van der Waals surface area contributed by atoms with Gasteiger partial charge in [0.1, 0.15) is 10.9 Å². The Bertz CT molecular complexity index is 1060. The summed E-state index contributed by atoms with van der Waals surface area (Å²) in [7, 11) is 0. The minimum atomic E-state index is -0.919. The van der Waals surface area contributed by atoms with Crippen LogP contribution in [-0.4, -0.2) is 26.0 Å². The van der Waals surface area contributed by atoms with Crippen molar-refractivity contribution in [2.75, 3.05) is 0 Å². The second-order valence-corrected chi connectivity index (χ2v) is 6.72. The number of aromatic amines is 1. The molecule has 4 aromatic rings. The van der Waals surface area contributed by atoms with Gasteiger partial charge in [-0.25, -0.2) is 14.8 Å². The van der Waals surface area contributed by atoms with Gasteiger partial charge in [0.2, 0.25) is 0 Å². The maximum Gasteiger partial charge on any atom is 0.335 e. The van der Waals surface area contributed by atoms with Crippen LogP contribution in [0, 0.1) is 0 Å². The number of carboxylic acid groups (broad SMARTS) is 1. The van der Waals surface area contributed by atoms with E-state index >= 15 is 0 Å². The predicted molar refractivity (Wildman–Crippen MR) is 102 cm³/mol. The largest absolute Gasteiger partial charge is 0.478 e. The lowest BCUT2D eigenvalue weighted by molar-refractivity contribution is 0.0697. The summed E-state index contributed by atoms with van der Waals surface area (Å²) >= 11 is 1.56. The molecule has 2 N–H and O–H groups in total. The van der Waals surface area contributed by atoms with E-state index in [0.717, 1.165) is 33.0 Å². The van der Waals surface area contributed by atoms with E-state index in [1.54, 1.807) is 36.2 Å². The molecule has 0 bridgehead atoms. The zero-order valence-corrected chi connectivity index (χ0v) is 14.5. The van der Waals surface area contributed by atoms with E-state index in [-0.39, 0.29) is 0 Å². The first kappa shape index (κ1) is 16.4. The Kier molecular flexibility index (Phi) is 4.41. The summed E-state index contributed by atoms with van der Waals surface area (Å²) in [4.78, 5) is 23.6. The fourth-order valence-corrected chi connectivity index (χ4v) is 3.65. The molecule has 0 aliphatic rings. The van der Waals surface area contributed by atoms with Crippen LogP contribution in [0.5, 0.6) is 0 Å². The van der Waals surface area contributed by atoms with Crippen LogP contribution < -0.4 is 0 Å². The van der Waals surface area contributed by atoms with Crippen molar-refractivity contribution < 1.29 is 9.90 Å². The van der Waals surface area contributed by atoms with Gasteiger partial charge in [-0.15, -0.1) is 11.8 Å². The first-order chi connectivity index (χ1) is 12.7. The number of para-hydroxylation sites is 2. The van der Waals surface area contributed by atoms with Gasteiger partial charge in [0.05, 0.1) is 16.6 Å². The highest BCUT2D eigenvalue weighted by Crippen LogP contribution is 2.31. The van der Waals surface area contributed by atoms with Crippen molar-refractivity contribution in [1.29, 1.82) is 0 Å². The van der Waals surface area contributed by atoms with Crippen molar-refractivity contribution in [3.8, 4) is 11.4 Å². The standard InChI is InChI=1S/C20H15N3O2S/c24-20(25)14-6-3-5-13(11-14)12-26-19-15(7-4-10-21-19)18-22-16-8-1-2-9-17(16)23-18/h1-11H,12H2,(H,22,23)(H,24,25). The highest BCUT2D eigenvalue weighted by molar-refractivity contribution is 7.98. The SMILES string of the molecule is O=C(O)c1cccc(CSc2ncccc2-c2nc3ccccc3[nH]2)c1. The molecule has 0 amide bonds. The van der Waals surface area contributed by atoms with Gasteiger partial charge in [0.15, 0.2) is 0 Å².